The number of aryl methyl sites for hydroxylation is 1. The van der Waals surface area contributed by atoms with E-state index in [1.165, 1.54) is 11.8 Å². The first-order valence-electron chi connectivity index (χ1n) is 11.4. The maximum atomic E-state index is 12.9. The predicted molar refractivity (Wildman–Crippen MR) is 133 cm³/mol. The Morgan fingerprint density at radius 2 is 1.65 bits per heavy atom. The van der Waals surface area contributed by atoms with Crippen molar-refractivity contribution in [1.82, 2.24) is 19.1 Å². The van der Waals surface area contributed by atoms with Gasteiger partial charge in [-0.15, -0.1) is 10.2 Å². The van der Waals surface area contributed by atoms with Crippen LogP contribution in [0.4, 0.5) is 5.69 Å². The van der Waals surface area contributed by atoms with E-state index in [-0.39, 0.29) is 16.6 Å². The highest BCUT2D eigenvalue weighted by molar-refractivity contribution is 7.99. The summed E-state index contributed by atoms with van der Waals surface area (Å²) < 4.78 is 29.4. The molecule has 0 atom stereocenters. The zero-order valence-electron chi connectivity index (χ0n) is 19.2. The highest BCUT2D eigenvalue weighted by atomic mass is 32.2. The highest BCUT2D eigenvalue weighted by Gasteiger charge is 2.25. The molecular formula is C24H29N5O3S2. The molecule has 0 radical (unpaired) electrons. The molecule has 0 saturated carbocycles. The summed E-state index contributed by atoms with van der Waals surface area (Å²) in [5.41, 5.74) is 1.69. The van der Waals surface area contributed by atoms with E-state index < -0.39 is 10.0 Å². The van der Waals surface area contributed by atoms with Gasteiger partial charge in [0, 0.05) is 18.8 Å². The molecule has 1 aliphatic heterocycles. The Bertz CT molecular complexity index is 1200. The summed E-state index contributed by atoms with van der Waals surface area (Å²) in [6, 6.07) is 16.4. The van der Waals surface area contributed by atoms with Crippen LogP contribution in [0, 0.1) is 6.92 Å². The van der Waals surface area contributed by atoms with Gasteiger partial charge >= 0.3 is 0 Å². The van der Waals surface area contributed by atoms with E-state index in [1.54, 1.807) is 28.6 Å². The summed E-state index contributed by atoms with van der Waals surface area (Å²) in [6.45, 7) is 3.65. The van der Waals surface area contributed by atoms with Crippen molar-refractivity contribution in [2.45, 2.75) is 49.2 Å². The number of benzene rings is 2. The molecular weight excluding hydrogens is 470 g/mol. The second-order valence-electron chi connectivity index (χ2n) is 8.28. The van der Waals surface area contributed by atoms with Gasteiger partial charge in [-0.1, -0.05) is 54.9 Å². The Morgan fingerprint density at radius 1 is 0.971 bits per heavy atom. The molecule has 4 rings (SSSR count). The minimum Gasteiger partial charge on any atom is -0.325 e. The van der Waals surface area contributed by atoms with Crippen molar-refractivity contribution >= 4 is 33.4 Å². The minimum atomic E-state index is -3.51. The molecule has 0 bridgehead atoms. The zero-order valence-corrected chi connectivity index (χ0v) is 20.8. The number of nitrogens with one attached hydrogen (secondary N) is 1. The lowest BCUT2D eigenvalue weighted by Crippen LogP contribution is -2.31. The van der Waals surface area contributed by atoms with Gasteiger partial charge in [0.25, 0.3) is 0 Å². The SMILES string of the molecule is Cc1nnc(SCC(=O)Nc2ccc(S(=O)(=O)N3CCCCCC3)cc2)n1Cc1ccccc1. The molecule has 34 heavy (non-hydrogen) atoms. The third-order valence-electron chi connectivity index (χ3n) is 5.76. The van der Waals surface area contributed by atoms with Gasteiger partial charge in [0.1, 0.15) is 5.82 Å². The third kappa shape index (κ3) is 6.05. The molecule has 1 saturated heterocycles. The molecule has 180 valence electrons. The predicted octanol–water partition coefficient (Wildman–Crippen LogP) is 3.93. The number of carbonyl (C=O) groups is 1. The molecule has 1 amide bonds. The van der Waals surface area contributed by atoms with Crippen molar-refractivity contribution in [3.63, 3.8) is 0 Å². The van der Waals surface area contributed by atoms with E-state index in [1.807, 2.05) is 41.8 Å². The lowest BCUT2D eigenvalue weighted by Gasteiger charge is -2.20. The zero-order chi connectivity index (χ0) is 24.0. The fourth-order valence-corrected chi connectivity index (χ4v) is 6.19. The molecule has 10 heteroatoms. The number of nitrogens with zero attached hydrogens (tertiary/aromatic N) is 4. The van der Waals surface area contributed by atoms with E-state index >= 15 is 0 Å². The van der Waals surface area contributed by atoms with Crippen LogP contribution in [0.2, 0.25) is 0 Å². The molecule has 8 nitrogen and oxygen atoms in total. The number of anilines is 1. The van der Waals surface area contributed by atoms with Crippen LogP contribution in [0.3, 0.4) is 0 Å². The van der Waals surface area contributed by atoms with Gasteiger partial charge in [0.2, 0.25) is 15.9 Å². The number of amides is 1. The van der Waals surface area contributed by atoms with Crippen molar-refractivity contribution in [2.24, 2.45) is 0 Å². The minimum absolute atomic E-state index is 0.167. The molecule has 1 fully saturated rings. The molecule has 3 aromatic rings. The summed E-state index contributed by atoms with van der Waals surface area (Å²) in [4.78, 5) is 12.8. The Balaban J connectivity index is 1.34. The quantitative estimate of drug-likeness (QED) is 0.472. The molecule has 1 N–H and O–H groups in total. The van der Waals surface area contributed by atoms with Crippen LogP contribution in [0.5, 0.6) is 0 Å². The average molecular weight is 500 g/mol. The number of aromatic nitrogens is 3. The molecule has 2 aromatic carbocycles. The average Bonchev–Trinajstić information content (AvgIpc) is 3.03. The van der Waals surface area contributed by atoms with Crippen LogP contribution in [-0.4, -0.2) is 52.2 Å². The maximum absolute atomic E-state index is 12.9. The molecule has 0 aliphatic carbocycles. The van der Waals surface area contributed by atoms with Crippen molar-refractivity contribution < 1.29 is 13.2 Å². The highest BCUT2D eigenvalue weighted by Crippen LogP contribution is 2.23. The Labute approximate surface area is 204 Å². The number of carbonyl (C=O) groups excluding carboxylic acids is 1. The van der Waals surface area contributed by atoms with Crippen LogP contribution >= 0.6 is 11.8 Å². The number of hydrogen-bond acceptors (Lipinski definition) is 6. The Morgan fingerprint density at radius 3 is 2.32 bits per heavy atom. The van der Waals surface area contributed by atoms with Crippen molar-refractivity contribution in [3.8, 4) is 0 Å². The topological polar surface area (TPSA) is 97.2 Å². The summed E-state index contributed by atoms with van der Waals surface area (Å²) in [5.74, 6) is 0.758. The van der Waals surface area contributed by atoms with Crippen molar-refractivity contribution in [1.29, 1.82) is 0 Å². The van der Waals surface area contributed by atoms with E-state index in [2.05, 4.69) is 15.5 Å². The van der Waals surface area contributed by atoms with E-state index in [0.717, 1.165) is 37.1 Å². The number of thioether (sulfide) groups is 1. The van der Waals surface area contributed by atoms with Crippen LogP contribution in [-0.2, 0) is 21.4 Å². The van der Waals surface area contributed by atoms with Gasteiger partial charge in [-0.3, -0.25) is 4.79 Å². The van der Waals surface area contributed by atoms with Crippen LogP contribution in [0.25, 0.3) is 0 Å². The van der Waals surface area contributed by atoms with E-state index in [9.17, 15) is 13.2 Å². The molecule has 1 aromatic heterocycles. The van der Waals surface area contributed by atoms with Gasteiger partial charge < -0.3 is 9.88 Å². The molecule has 0 unspecified atom stereocenters. The molecule has 1 aliphatic rings. The Hall–Kier alpha value is -2.69. The fourth-order valence-electron chi connectivity index (χ4n) is 3.88. The third-order valence-corrected chi connectivity index (χ3v) is 8.64. The monoisotopic (exact) mass is 499 g/mol. The van der Waals surface area contributed by atoms with Crippen molar-refractivity contribution in [2.75, 3.05) is 24.2 Å². The second kappa shape index (κ2) is 11.2. The smallest absolute Gasteiger partial charge is 0.243 e. The lowest BCUT2D eigenvalue weighted by molar-refractivity contribution is -0.113. The van der Waals surface area contributed by atoms with Gasteiger partial charge in [0.15, 0.2) is 5.16 Å². The maximum Gasteiger partial charge on any atom is 0.243 e. The standard InChI is InChI=1S/C24H29N5O3S2/c1-19-26-27-24(29(19)17-20-9-5-4-6-10-20)33-18-23(30)25-21-11-13-22(14-12-21)34(31,32)28-15-7-2-3-8-16-28/h4-6,9-14H,2-3,7-8,15-18H2,1H3,(H,25,30). The second-order valence-corrected chi connectivity index (χ2v) is 11.2. The van der Waals surface area contributed by atoms with E-state index in [4.69, 9.17) is 0 Å². The van der Waals surface area contributed by atoms with E-state index in [0.29, 0.717) is 30.5 Å². The summed E-state index contributed by atoms with van der Waals surface area (Å²) in [5, 5.41) is 11.9. The summed E-state index contributed by atoms with van der Waals surface area (Å²) in [6.07, 6.45) is 3.92. The molecule has 2 heterocycles. The molecule has 0 spiro atoms. The summed E-state index contributed by atoms with van der Waals surface area (Å²) >= 11 is 1.32. The van der Waals surface area contributed by atoms with Gasteiger partial charge in [0.05, 0.1) is 17.2 Å². The van der Waals surface area contributed by atoms with Crippen LogP contribution < -0.4 is 5.32 Å². The van der Waals surface area contributed by atoms with Crippen LogP contribution in [0.15, 0.2) is 64.6 Å². The number of hydrogen-bond donors (Lipinski definition) is 1. The first-order chi connectivity index (χ1) is 16.4. The van der Waals surface area contributed by atoms with Crippen molar-refractivity contribution in [3.05, 3.63) is 66.0 Å². The first kappa shape index (κ1) is 24.4. The van der Waals surface area contributed by atoms with Crippen LogP contribution in [0.1, 0.15) is 37.1 Å². The largest absolute Gasteiger partial charge is 0.325 e. The number of rotatable bonds is 8. The van der Waals surface area contributed by atoms with Gasteiger partial charge in [-0.2, -0.15) is 4.31 Å². The lowest BCUT2D eigenvalue weighted by atomic mass is 10.2. The Kier molecular flexibility index (Phi) is 8.02. The first-order valence-corrected chi connectivity index (χ1v) is 13.8. The van der Waals surface area contributed by atoms with Gasteiger partial charge in [-0.25, -0.2) is 8.42 Å². The van der Waals surface area contributed by atoms with Gasteiger partial charge in [-0.05, 0) is 49.6 Å². The number of sulfonamides is 1. The fraction of sp³-hybridized carbons (Fsp3) is 0.375. The normalized spacial score (nSPS) is 15.1. The summed E-state index contributed by atoms with van der Waals surface area (Å²) in [7, 11) is -3.51.